The molecule has 0 spiro atoms. The average molecular weight is 663 g/mol. The van der Waals surface area contributed by atoms with Crippen LogP contribution in [0.4, 0.5) is 25.1 Å². The number of methoxy groups -OCH3 is 1. The van der Waals surface area contributed by atoms with Gasteiger partial charge in [-0.1, -0.05) is 6.92 Å². The molecule has 2 aliphatic rings. The first-order chi connectivity index (χ1) is 23.2. The van der Waals surface area contributed by atoms with Gasteiger partial charge in [0.1, 0.15) is 0 Å². The van der Waals surface area contributed by atoms with Crippen LogP contribution in [-0.2, 0) is 6.42 Å². The van der Waals surface area contributed by atoms with Crippen LogP contribution in [-0.4, -0.2) is 93.8 Å². The molecule has 0 saturated carbocycles. The SMILES string of the molecule is CCc1cc(Nc2nccn3c(-c4ccc(OC)c(F)c4F)cnc23)ccc1C(=O)N(CC1CC[N+](CC)(CC2CNC2)CC1)C(=O)O. The summed E-state index contributed by atoms with van der Waals surface area (Å²) in [6.07, 6.45) is 5.58. The summed E-state index contributed by atoms with van der Waals surface area (Å²) in [6.45, 7) is 10.7. The Morgan fingerprint density at radius 3 is 2.52 bits per heavy atom. The Morgan fingerprint density at radius 2 is 1.88 bits per heavy atom. The second-order valence-electron chi connectivity index (χ2n) is 12.9. The van der Waals surface area contributed by atoms with Crippen LogP contribution in [0.15, 0.2) is 48.9 Å². The van der Waals surface area contributed by atoms with Crippen molar-refractivity contribution in [2.45, 2.75) is 33.1 Å². The van der Waals surface area contributed by atoms with Crippen LogP contribution < -0.4 is 15.4 Å². The van der Waals surface area contributed by atoms with E-state index in [1.165, 1.54) is 31.6 Å². The fourth-order valence-electron chi connectivity index (χ4n) is 7.06. The van der Waals surface area contributed by atoms with Crippen molar-refractivity contribution in [1.29, 1.82) is 0 Å². The minimum Gasteiger partial charge on any atom is -0.494 e. The van der Waals surface area contributed by atoms with Gasteiger partial charge >= 0.3 is 6.09 Å². The molecule has 3 N–H and O–H groups in total. The number of hydrogen-bond donors (Lipinski definition) is 3. The molecule has 0 unspecified atom stereocenters. The molecule has 2 aromatic heterocycles. The molecule has 254 valence electrons. The zero-order valence-corrected chi connectivity index (χ0v) is 27.5. The van der Waals surface area contributed by atoms with Gasteiger partial charge < -0.3 is 25.0 Å². The van der Waals surface area contributed by atoms with Gasteiger partial charge in [-0.25, -0.2) is 24.1 Å². The largest absolute Gasteiger partial charge is 0.494 e. The molecule has 0 atom stereocenters. The molecule has 0 radical (unpaired) electrons. The van der Waals surface area contributed by atoms with E-state index in [1.54, 1.807) is 28.8 Å². The van der Waals surface area contributed by atoms with Gasteiger partial charge in [-0.3, -0.25) is 9.20 Å². The molecular weight excluding hydrogens is 620 g/mol. The van der Waals surface area contributed by atoms with Gasteiger partial charge in [0.2, 0.25) is 5.82 Å². The summed E-state index contributed by atoms with van der Waals surface area (Å²) in [6, 6.07) is 7.91. The molecule has 13 heteroatoms. The average Bonchev–Trinajstić information content (AvgIpc) is 3.51. The Labute approximate surface area is 278 Å². The summed E-state index contributed by atoms with van der Waals surface area (Å²) in [7, 11) is 1.27. The number of hydrogen-bond acceptors (Lipinski definition) is 7. The molecule has 0 bridgehead atoms. The number of imidazole rings is 1. The number of ether oxygens (including phenoxy) is 1. The second-order valence-corrected chi connectivity index (χ2v) is 12.9. The lowest BCUT2D eigenvalue weighted by Crippen LogP contribution is -2.60. The highest BCUT2D eigenvalue weighted by Gasteiger charge is 2.38. The fourth-order valence-corrected chi connectivity index (χ4v) is 7.06. The molecule has 2 saturated heterocycles. The van der Waals surface area contributed by atoms with Crippen molar-refractivity contribution in [3.63, 3.8) is 0 Å². The van der Waals surface area contributed by atoms with E-state index in [0.29, 0.717) is 46.3 Å². The van der Waals surface area contributed by atoms with Gasteiger partial charge in [0, 0.05) is 67.6 Å². The number of quaternary nitrogens is 1. The molecule has 4 heterocycles. The molecule has 2 aliphatic heterocycles. The highest BCUT2D eigenvalue weighted by molar-refractivity contribution is 6.03. The van der Waals surface area contributed by atoms with E-state index in [-0.39, 0.29) is 23.8 Å². The smallest absolute Gasteiger partial charge is 0.414 e. The lowest BCUT2D eigenvalue weighted by molar-refractivity contribution is -0.935. The Morgan fingerprint density at radius 1 is 1.10 bits per heavy atom. The molecule has 2 aromatic carbocycles. The number of nitrogens with zero attached hydrogens (tertiary/aromatic N) is 5. The van der Waals surface area contributed by atoms with E-state index in [2.05, 4.69) is 27.5 Å². The minimum absolute atomic E-state index is 0.0141. The van der Waals surface area contributed by atoms with Crippen molar-refractivity contribution in [3.8, 4) is 17.0 Å². The number of piperidine rings is 1. The number of nitrogens with one attached hydrogen (secondary N) is 2. The summed E-state index contributed by atoms with van der Waals surface area (Å²) >= 11 is 0. The second kappa shape index (κ2) is 13.9. The number of carbonyl (C=O) groups excluding carboxylic acids is 1. The van der Waals surface area contributed by atoms with Crippen molar-refractivity contribution < 1.29 is 32.7 Å². The van der Waals surface area contributed by atoms with Crippen LogP contribution >= 0.6 is 0 Å². The third-order valence-electron chi connectivity index (χ3n) is 10.1. The number of fused-ring (bicyclic) bond motifs is 1. The first-order valence-corrected chi connectivity index (χ1v) is 16.5. The minimum atomic E-state index is -1.24. The van der Waals surface area contributed by atoms with Crippen molar-refractivity contribution in [2.75, 3.05) is 58.2 Å². The van der Waals surface area contributed by atoms with E-state index in [9.17, 15) is 23.5 Å². The van der Waals surface area contributed by atoms with Gasteiger partial charge in [0.15, 0.2) is 23.0 Å². The molecule has 2 amide bonds. The number of amides is 2. The highest BCUT2D eigenvalue weighted by atomic mass is 19.2. The lowest BCUT2D eigenvalue weighted by Gasteiger charge is -2.47. The summed E-state index contributed by atoms with van der Waals surface area (Å²) in [4.78, 5) is 35.9. The van der Waals surface area contributed by atoms with Crippen LogP contribution in [0.1, 0.15) is 42.6 Å². The van der Waals surface area contributed by atoms with Gasteiger partial charge in [-0.05, 0) is 55.2 Å². The van der Waals surface area contributed by atoms with Crippen molar-refractivity contribution >= 4 is 29.2 Å². The molecule has 48 heavy (non-hydrogen) atoms. The molecule has 4 aromatic rings. The van der Waals surface area contributed by atoms with Gasteiger partial charge in [0.25, 0.3) is 5.91 Å². The standard InChI is InChI=1S/C35H41F2N7O4/c1-4-24-16-25(41-32-33-40-19-28(42(33)13-12-39-32)27-8-9-29(48-3)31(37)30(27)36)6-7-26(24)34(45)43(35(46)47)20-22-10-14-44(5-2,15-11-22)21-23-17-38-18-23/h6-9,12-13,16,19,22-23,38H,4-5,10-11,14-15,17-18,20-21H2,1-3H3,(H-,39,41,45,46,47)/p+1. The Kier molecular flexibility index (Phi) is 9.61. The molecule has 0 aliphatic carbocycles. The number of anilines is 2. The van der Waals surface area contributed by atoms with Crippen LogP contribution in [0, 0.1) is 23.5 Å². The van der Waals surface area contributed by atoms with Gasteiger partial charge in [-0.15, -0.1) is 0 Å². The maximum absolute atomic E-state index is 14.9. The predicted octanol–water partition coefficient (Wildman–Crippen LogP) is 5.58. The summed E-state index contributed by atoms with van der Waals surface area (Å²) in [5.41, 5.74) is 2.35. The first-order valence-electron chi connectivity index (χ1n) is 16.5. The van der Waals surface area contributed by atoms with E-state index in [0.717, 1.165) is 61.5 Å². The van der Waals surface area contributed by atoms with Gasteiger partial charge in [-0.2, -0.15) is 4.39 Å². The quantitative estimate of drug-likeness (QED) is 0.178. The molecule has 6 rings (SSSR count). The van der Waals surface area contributed by atoms with E-state index in [4.69, 9.17) is 4.74 Å². The predicted molar refractivity (Wildman–Crippen MR) is 178 cm³/mol. The van der Waals surface area contributed by atoms with E-state index in [1.807, 2.05) is 6.92 Å². The van der Waals surface area contributed by atoms with Crippen LogP contribution in [0.5, 0.6) is 5.75 Å². The van der Waals surface area contributed by atoms with E-state index < -0.39 is 23.6 Å². The number of carbonyl (C=O) groups is 2. The number of aromatic nitrogens is 3. The van der Waals surface area contributed by atoms with Crippen molar-refractivity contribution in [2.24, 2.45) is 11.8 Å². The van der Waals surface area contributed by atoms with Crippen LogP contribution in [0.2, 0.25) is 0 Å². The maximum Gasteiger partial charge on any atom is 0.414 e. The van der Waals surface area contributed by atoms with Crippen molar-refractivity contribution in [1.82, 2.24) is 24.6 Å². The summed E-state index contributed by atoms with van der Waals surface area (Å²) in [5.74, 6) is -1.67. The van der Waals surface area contributed by atoms with Crippen molar-refractivity contribution in [3.05, 3.63) is 71.7 Å². The number of benzene rings is 2. The first kappa shape index (κ1) is 33.3. The normalized spacial score (nSPS) is 19.6. The molecule has 2 fully saturated rings. The number of aryl methyl sites for hydroxylation is 1. The lowest BCUT2D eigenvalue weighted by atomic mass is 9.91. The van der Waals surface area contributed by atoms with Gasteiger partial charge in [0.05, 0.1) is 45.2 Å². The number of likely N-dealkylation sites (tertiary alicyclic amines) is 1. The Bertz CT molecular complexity index is 1820. The Hall–Kier alpha value is -4.62. The molecular formula is C35H42F2N7O4+. The van der Waals surface area contributed by atoms with E-state index >= 15 is 0 Å². The third kappa shape index (κ3) is 6.44. The number of rotatable bonds is 11. The number of halogens is 2. The summed E-state index contributed by atoms with van der Waals surface area (Å²) in [5, 5.41) is 16.7. The number of carboxylic acid groups (broad SMARTS) is 1. The zero-order valence-electron chi connectivity index (χ0n) is 27.5. The maximum atomic E-state index is 14.9. The summed E-state index contributed by atoms with van der Waals surface area (Å²) < 4.78 is 36.9. The number of imide groups is 1. The monoisotopic (exact) mass is 662 g/mol. The fraction of sp³-hybridized carbons (Fsp3) is 0.429. The third-order valence-corrected chi connectivity index (χ3v) is 10.1. The van der Waals surface area contributed by atoms with Crippen LogP contribution in [0.25, 0.3) is 16.9 Å². The Balaban J connectivity index is 1.18. The zero-order chi connectivity index (χ0) is 34.0. The molecule has 11 nitrogen and oxygen atoms in total. The topological polar surface area (TPSA) is 121 Å². The van der Waals surface area contributed by atoms with Crippen LogP contribution in [0.3, 0.4) is 0 Å². The highest BCUT2D eigenvalue weighted by Crippen LogP contribution is 2.32.